The van der Waals surface area contributed by atoms with Crippen molar-refractivity contribution in [1.29, 1.82) is 0 Å². The Labute approximate surface area is 107 Å². The van der Waals surface area contributed by atoms with Crippen LogP contribution in [0.1, 0.15) is 26.3 Å². The van der Waals surface area contributed by atoms with Gasteiger partial charge in [0.15, 0.2) is 5.82 Å². The van der Waals surface area contributed by atoms with E-state index in [9.17, 15) is 0 Å². The Bertz CT molecular complexity index is 526. The molecule has 0 aliphatic rings. The van der Waals surface area contributed by atoms with Crippen molar-refractivity contribution in [2.75, 3.05) is 12.4 Å². The largest absolute Gasteiger partial charge is 0.372 e. The Morgan fingerprint density at radius 2 is 1.72 bits per heavy atom. The third kappa shape index (κ3) is 2.64. The topological polar surface area (TPSA) is 50.7 Å². The Balaban J connectivity index is 2.34. The lowest BCUT2D eigenvalue weighted by molar-refractivity contribution is 0.590. The van der Waals surface area contributed by atoms with Gasteiger partial charge in [0.05, 0.1) is 6.20 Å². The van der Waals surface area contributed by atoms with Crippen LogP contribution in [-0.4, -0.2) is 22.2 Å². The maximum Gasteiger partial charge on any atom is 0.183 e. The van der Waals surface area contributed by atoms with E-state index in [0.29, 0.717) is 5.82 Å². The summed E-state index contributed by atoms with van der Waals surface area (Å²) in [5, 5.41) is 10.9. The van der Waals surface area contributed by atoms with Crippen LogP contribution >= 0.6 is 0 Å². The minimum atomic E-state index is 0.157. The van der Waals surface area contributed by atoms with Gasteiger partial charge in [-0.2, -0.15) is 5.10 Å². The lowest BCUT2D eigenvalue weighted by Gasteiger charge is -2.18. The van der Waals surface area contributed by atoms with Gasteiger partial charge in [-0.1, -0.05) is 45.0 Å². The predicted molar refractivity (Wildman–Crippen MR) is 73.5 cm³/mol. The van der Waals surface area contributed by atoms with Crippen LogP contribution in [0.3, 0.4) is 0 Å². The van der Waals surface area contributed by atoms with E-state index < -0.39 is 0 Å². The third-order valence-electron chi connectivity index (χ3n) is 2.82. The van der Waals surface area contributed by atoms with E-state index in [2.05, 4.69) is 53.4 Å². The van der Waals surface area contributed by atoms with Gasteiger partial charge in [-0.3, -0.25) is 0 Å². The number of hydrogen-bond donors (Lipinski definition) is 1. The molecule has 94 valence electrons. The fourth-order valence-corrected chi connectivity index (χ4v) is 1.67. The smallest absolute Gasteiger partial charge is 0.183 e. The molecule has 0 saturated heterocycles. The molecule has 1 N–H and O–H groups in total. The summed E-state index contributed by atoms with van der Waals surface area (Å²) in [6.45, 7) is 6.59. The summed E-state index contributed by atoms with van der Waals surface area (Å²) in [4.78, 5) is 4.37. The second-order valence-corrected chi connectivity index (χ2v) is 5.24. The predicted octanol–water partition coefficient (Wildman–Crippen LogP) is 2.88. The van der Waals surface area contributed by atoms with Crippen LogP contribution in [0, 0.1) is 0 Å². The number of hydrogen-bond acceptors (Lipinski definition) is 4. The summed E-state index contributed by atoms with van der Waals surface area (Å²) < 4.78 is 0. The Hall–Kier alpha value is -1.97. The molecule has 0 radical (unpaired) electrons. The molecule has 4 heteroatoms. The minimum Gasteiger partial charge on any atom is -0.372 e. The third-order valence-corrected chi connectivity index (χ3v) is 2.82. The van der Waals surface area contributed by atoms with Crippen LogP contribution in [-0.2, 0) is 5.41 Å². The average molecular weight is 242 g/mol. The van der Waals surface area contributed by atoms with Gasteiger partial charge in [0, 0.05) is 12.6 Å². The van der Waals surface area contributed by atoms with Crippen LogP contribution in [0.15, 0.2) is 30.5 Å². The van der Waals surface area contributed by atoms with Crippen molar-refractivity contribution < 1.29 is 0 Å². The van der Waals surface area contributed by atoms with Gasteiger partial charge >= 0.3 is 0 Å². The fraction of sp³-hybridized carbons (Fsp3) is 0.357. The number of benzene rings is 1. The second kappa shape index (κ2) is 4.72. The quantitative estimate of drug-likeness (QED) is 0.879. The Morgan fingerprint density at radius 1 is 1.06 bits per heavy atom. The first-order valence-corrected chi connectivity index (χ1v) is 5.99. The normalized spacial score (nSPS) is 11.3. The Morgan fingerprint density at radius 3 is 2.28 bits per heavy atom. The molecule has 0 aliphatic carbocycles. The first kappa shape index (κ1) is 12.5. The van der Waals surface area contributed by atoms with Crippen LogP contribution in [0.5, 0.6) is 0 Å². The molecule has 0 atom stereocenters. The zero-order valence-corrected chi connectivity index (χ0v) is 11.2. The van der Waals surface area contributed by atoms with Gasteiger partial charge in [0.2, 0.25) is 0 Å². The Kier molecular flexibility index (Phi) is 3.28. The zero-order valence-electron chi connectivity index (χ0n) is 11.2. The lowest BCUT2D eigenvalue weighted by Crippen LogP contribution is -2.10. The van der Waals surface area contributed by atoms with Gasteiger partial charge in [0.1, 0.15) is 5.82 Å². The molecule has 2 aromatic rings. The van der Waals surface area contributed by atoms with E-state index >= 15 is 0 Å². The maximum absolute atomic E-state index is 4.37. The van der Waals surface area contributed by atoms with Crippen molar-refractivity contribution in [1.82, 2.24) is 15.2 Å². The SMILES string of the molecule is CNc1cnnc(-c2ccc(C(C)(C)C)cc2)n1. The number of nitrogens with one attached hydrogen (secondary N) is 1. The molecule has 0 saturated carbocycles. The van der Waals surface area contributed by atoms with Crippen molar-refractivity contribution in [3.8, 4) is 11.4 Å². The molecule has 1 aromatic carbocycles. The molecule has 0 fully saturated rings. The number of anilines is 1. The molecule has 1 heterocycles. The molecule has 0 amide bonds. The lowest BCUT2D eigenvalue weighted by atomic mass is 9.87. The number of aromatic nitrogens is 3. The molecule has 0 unspecified atom stereocenters. The highest BCUT2D eigenvalue weighted by Gasteiger charge is 2.13. The molecule has 2 rings (SSSR count). The number of nitrogens with zero attached hydrogens (tertiary/aromatic N) is 3. The van der Waals surface area contributed by atoms with Crippen molar-refractivity contribution >= 4 is 5.82 Å². The number of rotatable bonds is 2. The summed E-state index contributed by atoms with van der Waals surface area (Å²) >= 11 is 0. The van der Waals surface area contributed by atoms with Crippen LogP contribution in [0.2, 0.25) is 0 Å². The van der Waals surface area contributed by atoms with Crippen molar-refractivity contribution in [2.24, 2.45) is 0 Å². The van der Waals surface area contributed by atoms with E-state index in [1.807, 2.05) is 19.2 Å². The second-order valence-electron chi connectivity index (χ2n) is 5.24. The summed E-state index contributed by atoms with van der Waals surface area (Å²) in [6, 6.07) is 8.31. The summed E-state index contributed by atoms with van der Waals surface area (Å²) in [7, 11) is 1.82. The zero-order chi connectivity index (χ0) is 13.2. The van der Waals surface area contributed by atoms with Gasteiger partial charge in [-0.15, -0.1) is 5.10 Å². The average Bonchev–Trinajstić information content (AvgIpc) is 2.38. The highest BCUT2D eigenvalue weighted by Crippen LogP contribution is 2.24. The van der Waals surface area contributed by atoms with Gasteiger partial charge in [-0.05, 0) is 11.0 Å². The van der Waals surface area contributed by atoms with Crippen molar-refractivity contribution in [2.45, 2.75) is 26.2 Å². The standard InChI is InChI=1S/C14H18N4/c1-14(2,3)11-7-5-10(6-8-11)13-17-12(15-4)9-16-18-13/h5-9H,1-4H3,(H,15,17,18). The highest BCUT2D eigenvalue weighted by atomic mass is 15.2. The summed E-state index contributed by atoms with van der Waals surface area (Å²) in [5.74, 6) is 1.36. The van der Waals surface area contributed by atoms with E-state index in [-0.39, 0.29) is 5.41 Å². The van der Waals surface area contributed by atoms with Crippen LogP contribution in [0.25, 0.3) is 11.4 Å². The first-order chi connectivity index (χ1) is 8.50. The van der Waals surface area contributed by atoms with E-state index in [1.54, 1.807) is 6.20 Å². The van der Waals surface area contributed by atoms with Crippen LogP contribution < -0.4 is 5.32 Å². The summed E-state index contributed by atoms with van der Waals surface area (Å²) in [5.41, 5.74) is 2.43. The van der Waals surface area contributed by atoms with E-state index in [4.69, 9.17) is 0 Å². The van der Waals surface area contributed by atoms with Gasteiger partial charge < -0.3 is 5.32 Å². The molecule has 18 heavy (non-hydrogen) atoms. The maximum atomic E-state index is 4.37. The summed E-state index contributed by atoms with van der Waals surface area (Å²) in [6.07, 6.45) is 1.60. The van der Waals surface area contributed by atoms with Gasteiger partial charge in [0.25, 0.3) is 0 Å². The molecular weight excluding hydrogens is 224 g/mol. The van der Waals surface area contributed by atoms with E-state index in [1.165, 1.54) is 5.56 Å². The van der Waals surface area contributed by atoms with Crippen molar-refractivity contribution in [3.05, 3.63) is 36.0 Å². The highest BCUT2D eigenvalue weighted by molar-refractivity contribution is 5.56. The van der Waals surface area contributed by atoms with Gasteiger partial charge in [-0.25, -0.2) is 4.98 Å². The molecule has 4 nitrogen and oxygen atoms in total. The molecule has 0 bridgehead atoms. The van der Waals surface area contributed by atoms with Crippen LogP contribution in [0.4, 0.5) is 5.82 Å². The fourth-order valence-electron chi connectivity index (χ4n) is 1.67. The first-order valence-electron chi connectivity index (χ1n) is 5.99. The minimum absolute atomic E-state index is 0.157. The molecule has 0 spiro atoms. The molecule has 0 aliphatic heterocycles. The monoisotopic (exact) mass is 242 g/mol. The molecular formula is C14H18N4. The van der Waals surface area contributed by atoms with Crippen molar-refractivity contribution in [3.63, 3.8) is 0 Å². The van der Waals surface area contributed by atoms with E-state index in [0.717, 1.165) is 11.4 Å². The molecule has 1 aromatic heterocycles.